The van der Waals surface area contributed by atoms with Gasteiger partial charge in [0.1, 0.15) is 5.76 Å². The standard InChI is InChI=1S/C12H11BrO3/c1-16-11(8-12(14)15)7-4-9-2-5-10(13)6-3-9/h2-8H,1H3,(H,14,15)/b7-4+,11-8+. The predicted molar refractivity (Wildman–Crippen MR) is 65.9 cm³/mol. The maximum absolute atomic E-state index is 10.4. The van der Waals surface area contributed by atoms with Crippen LogP contribution in [-0.2, 0) is 9.53 Å². The molecule has 3 nitrogen and oxygen atoms in total. The largest absolute Gasteiger partial charge is 0.496 e. The molecule has 1 aromatic rings. The minimum absolute atomic E-state index is 0.301. The molecule has 84 valence electrons. The van der Waals surface area contributed by atoms with Gasteiger partial charge in [-0.1, -0.05) is 34.1 Å². The molecule has 0 amide bonds. The van der Waals surface area contributed by atoms with Crippen LogP contribution in [0, 0.1) is 0 Å². The van der Waals surface area contributed by atoms with E-state index in [9.17, 15) is 4.79 Å². The first kappa shape index (κ1) is 12.5. The van der Waals surface area contributed by atoms with Gasteiger partial charge in [-0.15, -0.1) is 0 Å². The summed E-state index contributed by atoms with van der Waals surface area (Å²) in [6.45, 7) is 0. The average Bonchev–Trinajstić information content (AvgIpc) is 2.26. The molecule has 0 atom stereocenters. The average molecular weight is 283 g/mol. The first-order valence-electron chi connectivity index (χ1n) is 4.54. The third-order valence-electron chi connectivity index (χ3n) is 1.81. The monoisotopic (exact) mass is 282 g/mol. The molecule has 0 bridgehead atoms. The molecule has 0 aliphatic heterocycles. The molecule has 1 rings (SSSR count). The minimum atomic E-state index is -1.03. The van der Waals surface area contributed by atoms with Gasteiger partial charge in [-0.2, -0.15) is 0 Å². The van der Waals surface area contributed by atoms with E-state index in [1.807, 2.05) is 24.3 Å². The molecule has 0 aliphatic carbocycles. The summed E-state index contributed by atoms with van der Waals surface area (Å²) in [6, 6.07) is 7.64. The summed E-state index contributed by atoms with van der Waals surface area (Å²) in [4.78, 5) is 10.4. The molecular weight excluding hydrogens is 272 g/mol. The predicted octanol–water partition coefficient (Wildman–Crippen LogP) is 3.08. The summed E-state index contributed by atoms with van der Waals surface area (Å²) in [6.07, 6.45) is 4.40. The van der Waals surface area contributed by atoms with E-state index in [-0.39, 0.29) is 0 Å². The first-order valence-corrected chi connectivity index (χ1v) is 5.33. The molecule has 0 fully saturated rings. The van der Waals surface area contributed by atoms with Gasteiger partial charge in [0.15, 0.2) is 0 Å². The first-order chi connectivity index (χ1) is 7.61. The number of carboxylic acid groups (broad SMARTS) is 1. The third kappa shape index (κ3) is 4.31. The summed E-state index contributed by atoms with van der Waals surface area (Å²) >= 11 is 3.33. The quantitative estimate of drug-likeness (QED) is 0.524. The van der Waals surface area contributed by atoms with Crippen LogP contribution in [0.15, 0.2) is 46.6 Å². The van der Waals surface area contributed by atoms with Crippen LogP contribution in [0.2, 0.25) is 0 Å². The van der Waals surface area contributed by atoms with Gasteiger partial charge in [-0.3, -0.25) is 0 Å². The lowest BCUT2D eigenvalue weighted by Gasteiger charge is -1.98. The van der Waals surface area contributed by atoms with E-state index in [4.69, 9.17) is 9.84 Å². The Morgan fingerprint density at radius 3 is 2.50 bits per heavy atom. The van der Waals surface area contributed by atoms with E-state index in [2.05, 4.69) is 15.9 Å². The fourth-order valence-corrected chi connectivity index (χ4v) is 1.31. The molecule has 0 heterocycles. The number of carbonyl (C=O) groups is 1. The highest BCUT2D eigenvalue weighted by Crippen LogP contribution is 2.12. The van der Waals surface area contributed by atoms with Crippen LogP contribution >= 0.6 is 15.9 Å². The molecule has 0 spiro atoms. The maximum atomic E-state index is 10.4. The van der Waals surface area contributed by atoms with Crippen LogP contribution in [0.5, 0.6) is 0 Å². The Morgan fingerprint density at radius 2 is 2.00 bits per heavy atom. The van der Waals surface area contributed by atoms with Crippen LogP contribution in [-0.4, -0.2) is 18.2 Å². The third-order valence-corrected chi connectivity index (χ3v) is 2.34. The van der Waals surface area contributed by atoms with Gasteiger partial charge in [0.05, 0.1) is 13.2 Å². The molecule has 0 aromatic heterocycles. The van der Waals surface area contributed by atoms with E-state index in [1.165, 1.54) is 7.11 Å². The molecule has 0 saturated heterocycles. The zero-order valence-electron chi connectivity index (χ0n) is 8.68. The van der Waals surface area contributed by atoms with Crippen molar-refractivity contribution in [3.63, 3.8) is 0 Å². The molecule has 0 radical (unpaired) electrons. The van der Waals surface area contributed by atoms with Crippen molar-refractivity contribution in [3.8, 4) is 0 Å². The molecule has 4 heteroatoms. The number of benzene rings is 1. The van der Waals surface area contributed by atoms with Crippen molar-refractivity contribution >= 4 is 28.0 Å². The van der Waals surface area contributed by atoms with Gasteiger partial charge in [-0.25, -0.2) is 4.79 Å². The number of rotatable bonds is 4. The Hall–Kier alpha value is -1.55. The molecule has 0 saturated carbocycles. The molecule has 16 heavy (non-hydrogen) atoms. The Kier molecular flexibility index (Phi) is 4.79. The second kappa shape index (κ2) is 6.12. The van der Waals surface area contributed by atoms with Crippen LogP contribution in [0.4, 0.5) is 0 Å². The van der Waals surface area contributed by atoms with Crippen LogP contribution in [0.1, 0.15) is 5.56 Å². The fourth-order valence-electron chi connectivity index (χ4n) is 1.05. The summed E-state index contributed by atoms with van der Waals surface area (Å²) in [5.41, 5.74) is 0.969. The highest BCUT2D eigenvalue weighted by molar-refractivity contribution is 9.10. The smallest absolute Gasteiger partial charge is 0.332 e. The number of hydrogen-bond donors (Lipinski definition) is 1. The Balaban J connectivity index is 2.79. The van der Waals surface area contributed by atoms with Gasteiger partial charge < -0.3 is 9.84 Å². The lowest BCUT2D eigenvalue weighted by atomic mass is 10.2. The van der Waals surface area contributed by atoms with Crippen LogP contribution in [0.3, 0.4) is 0 Å². The van der Waals surface area contributed by atoms with Crippen molar-refractivity contribution in [2.24, 2.45) is 0 Å². The van der Waals surface area contributed by atoms with E-state index in [1.54, 1.807) is 12.2 Å². The maximum Gasteiger partial charge on any atom is 0.332 e. The van der Waals surface area contributed by atoms with E-state index in [0.717, 1.165) is 16.1 Å². The number of ether oxygens (including phenoxy) is 1. The second-order valence-corrected chi connectivity index (χ2v) is 3.89. The van der Waals surface area contributed by atoms with Crippen molar-refractivity contribution in [1.29, 1.82) is 0 Å². The van der Waals surface area contributed by atoms with Crippen molar-refractivity contribution in [3.05, 3.63) is 52.2 Å². The van der Waals surface area contributed by atoms with Crippen molar-refractivity contribution < 1.29 is 14.6 Å². The van der Waals surface area contributed by atoms with E-state index >= 15 is 0 Å². The summed E-state index contributed by atoms with van der Waals surface area (Å²) in [5, 5.41) is 8.55. The van der Waals surface area contributed by atoms with E-state index in [0.29, 0.717) is 5.76 Å². The second-order valence-electron chi connectivity index (χ2n) is 2.97. The summed E-state index contributed by atoms with van der Waals surface area (Å²) in [5.74, 6) is -0.729. The Bertz CT molecular complexity index is 418. The topological polar surface area (TPSA) is 46.5 Å². The summed E-state index contributed by atoms with van der Waals surface area (Å²) in [7, 11) is 1.43. The van der Waals surface area contributed by atoms with Crippen LogP contribution < -0.4 is 0 Å². The number of aliphatic carboxylic acids is 1. The van der Waals surface area contributed by atoms with Gasteiger partial charge in [0, 0.05) is 4.47 Å². The zero-order chi connectivity index (χ0) is 12.0. The van der Waals surface area contributed by atoms with Gasteiger partial charge in [-0.05, 0) is 23.8 Å². The molecule has 0 aliphatic rings. The van der Waals surface area contributed by atoms with E-state index < -0.39 is 5.97 Å². The molecule has 0 unspecified atom stereocenters. The summed E-state index contributed by atoms with van der Waals surface area (Å²) < 4.78 is 5.89. The minimum Gasteiger partial charge on any atom is -0.496 e. The SMILES string of the molecule is COC(/C=C/c1ccc(Br)cc1)=C/C(=O)O. The number of carboxylic acids is 1. The van der Waals surface area contributed by atoms with Gasteiger partial charge >= 0.3 is 5.97 Å². The highest BCUT2D eigenvalue weighted by Gasteiger charge is 1.95. The lowest BCUT2D eigenvalue weighted by molar-refractivity contribution is -0.131. The Morgan fingerprint density at radius 1 is 1.38 bits per heavy atom. The van der Waals surface area contributed by atoms with Gasteiger partial charge in [0.2, 0.25) is 0 Å². The van der Waals surface area contributed by atoms with Crippen molar-refractivity contribution in [2.45, 2.75) is 0 Å². The lowest BCUT2D eigenvalue weighted by Crippen LogP contribution is -1.92. The molecule has 1 N–H and O–H groups in total. The number of hydrogen-bond acceptors (Lipinski definition) is 2. The number of halogens is 1. The molecule has 1 aromatic carbocycles. The highest BCUT2D eigenvalue weighted by atomic mass is 79.9. The van der Waals surface area contributed by atoms with Crippen molar-refractivity contribution in [2.75, 3.05) is 7.11 Å². The zero-order valence-corrected chi connectivity index (χ0v) is 10.3. The van der Waals surface area contributed by atoms with Crippen LogP contribution in [0.25, 0.3) is 6.08 Å². The van der Waals surface area contributed by atoms with Gasteiger partial charge in [0.25, 0.3) is 0 Å². The normalized spacial score (nSPS) is 11.8. The van der Waals surface area contributed by atoms with Crippen molar-refractivity contribution in [1.82, 2.24) is 0 Å². The Labute approximate surface area is 102 Å². The fraction of sp³-hybridized carbons (Fsp3) is 0.0833. The number of allylic oxidation sites excluding steroid dienone is 1. The number of methoxy groups -OCH3 is 1. The molecular formula is C12H11BrO3.